The Labute approximate surface area is 111 Å². The van der Waals surface area contributed by atoms with Crippen LogP contribution >= 0.6 is 11.6 Å². The minimum Gasteiger partial charge on any atom is -0.390 e. The van der Waals surface area contributed by atoms with Gasteiger partial charge in [0, 0.05) is 12.4 Å². The van der Waals surface area contributed by atoms with Crippen LogP contribution in [0.15, 0.2) is 18.5 Å². The number of anilines is 1. The van der Waals surface area contributed by atoms with E-state index in [-0.39, 0.29) is 17.2 Å². The molecule has 102 valence electrons. The maximum atomic E-state index is 12.9. The van der Waals surface area contributed by atoms with E-state index in [1.165, 1.54) is 10.9 Å². The van der Waals surface area contributed by atoms with E-state index >= 15 is 0 Å². The Morgan fingerprint density at radius 2 is 2.16 bits per heavy atom. The van der Waals surface area contributed by atoms with Gasteiger partial charge in [0.2, 0.25) is 11.2 Å². The summed E-state index contributed by atoms with van der Waals surface area (Å²) < 4.78 is 27.1. The van der Waals surface area contributed by atoms with E-state index in [2.05, 4.69) is 25.4 Å². The molecule has 0 amide bonds. The predicted octanol–water partition coefficient (Wildman–Crippen LogP) is 0.750. The van der Waals surface area contributed by atoms with E-state index in [9.17, 15) is 8.78 Å². The normalized spacial score (nSPS) is 11.6. The maximum Gasteiger partial charge on any atom is 0.287 e. The van der Waals surface area contributed by atoms with Crippen molar-refractivity contribution in [1.82, 2.24) is 24.7 Å². The van der Waals surface area contributed by atoms with Crippen LogP contribution in [0, 0.1) is 0 Å². The zero-order chi connectivity index (χ0) is 13.9. The van der Waals surface area contributed by atoms with Crippen LogP contribution in [-0.2, 0) is 0 Å². The van der Waals surface area contributed by atoms with Gasteiger partial charge in [-0.05, 0) is 17.7 Å². The Bertz CT molecular complexity index is 550. The second-order valence-electron chi connectivity index (χ2n) is 3.55. The van der Waals surface area contributed by atoms with E-state index in [1.54, 1.807) is 12.3 Å². The first-order valence-corrected chi connectivity index (χ1v) is 5.52. The molecule has 0 spiro atoms. The van der Waals surface area contributed by atoms with E-state index in [0.29, 0.717) is 0 Å². The summed E-state index contributed by atoms with van der Waals surface area (Å²) in [5.74, 6) is -3.30. The highest BCUT2D eigenvalue weighted by molar-refractivity contribution is 6.28. The number of nitrogens with zero attached hydrogens (tertiary/aromatic N) is 5. The van der Waals surface area contributed by atoms with Gasteiger partial charge in [-0.15, -0.1) is 0 Å². The van der Waals surface area contributed by atoms with Crippen LogP contribution in [0.3, 0.4) is 0 Å². The number of nitrogens with one attached hydrogen (secondary N) is 1. The van der Waals surface area contributed by atoms with Crippen LogP contribution in [-0.4, -0.2) is 48.9 Å². The van der Waals surface area contributed by atoms with Gasteiger partial charge >= 0.3 is 0 Å². The Kier molecular flexibility index (Phi) is 3.86. The Morgan fingerprint density at radius 3 is 2.79 bits per heavy atom. The van der Waals surface area contributed by atoms with Crippen LogP contribution in [0.5, 0.6) is 0 Å². The first kappa shape index (κ1) is 13.6. The lowest BCUT2D eigenvalue weighted by Gasteiger charge is -2.14. The largest absolute Gasteiger partial charge is 0.390 e. The summed E-state index contributed by atoms with van der Waals surface area (Å²) in [6.45, 7) is -2.09. The number of rotatable bonds is 5. The monoisotopic (exact) mass is 290 g/mol. The second kappa shape index (κ2) is 5.41. The molecule has 19 heavy (non-hydrogen) atoms. The van der Waals surface area contributed by atoms with Crippen molar-refractivity contribution in [1.29, 1.82) is 0 Å². The molecule has 0 radical (unpaired) electrons. The first-order valence-electron chi connectivity index (χ1n) is 5.14. The van der Waals surface area contributed by atoms with Crippen molar-refractivity contribution < 1.29 is 13.9 Å². The lowest BCUT2D eigenvalue weighted by Crippen LogP contribution is -2.31. The van der Waals surface area contributed by atoms with Crippen LogP contribution in [0.4, 0.5) is 14.7 Å². The highest BCUT2D eigenvalue weighted by atomic mass is 35.5. The fraction of sp³-hybridized carbons (Fsp3) is 0.333. The van der Waals surface area contributed by atoms with Crippen molar-refractivity contribution in [2.75, 3.05) is 18.5 Å². The number of aliphatic hydroxyl groups excluding tert-OH is 1. The van der Waals surface area contributed by atoms with Gasteiger partial charge in [0.05, 0.1) is 6.54 Å². The van der Waals surface area contributed by atoms with Crippen molar-refractivity contribution >= 4 is 17.5 Å². The van der Waals surface area contributed by atoms with Crippen LogP contribution in [0.25, 0.3) is 5.95 Å². The van der Waals surface area contributed by atoms with Crippen molar-refractivity contribution in [3.05, 3.63) is 23.7 Å². The summed E-state index contributed by atoms with van der Waals surface area (Å²) in [7, 11) is 0. The molecule has 0 fully saturated rings. The van der Waals surface area contributed by atoms with Gasteiger partial charge in [0.15, 0.2) is 0 Å². The van der Waals surface area contributed by atoms with E-state index in [0.717, 1.165) is 0 Å². The molecule has 0 aliphatic heterocycles. The molecule has 0 saturated heterocycles. The number of hydrogen-bond acceptors (Lipinski definition) is 6. The number of aromatic nitrogens is 5. The fourth-order valence-electron chi connectivity index (χ4n) is 1.17. The molecule has 0 aliphatic rings. The molecule has 0 aromatic carbocycles. The standard InChI is InChI=1S/C9H9ClF2N6O/c10-6-15-7(13-4-9(11,12)5-19)17-8(16-6)18-3-1-2-14-18/h1-3,19H,4-5H2,(H,13,15,16,17). The lowest BCUT2D eigenvalue weighted by molar-refractivity contribution is -0.0374. The average molecular weight is 291 g/mol. The first-order chi connectivity index (χ1) is 9.00. The topological polar surface area (TPSA) is 88.8 Å². The fourth-order valence-corrected chi connectivity index (χ4v) is 1.33. The Morgan fingerprint density at radius 1 is 1.37 bits per heavy atom. The van der Waals surface area contributed by atoms with E-state index in [4.69, 9.17) is 16.7 Å². The van der Waals surface area contributed by atoms with Gasteiger partial charge in [-0.2, -0.15) is 20.1 Å². The summed E-state index contributed by atoms with van der Waals surface area (Å²) in [5, 5.41) is 14.5. The van der Waals surface area contributed by atoms with E-state index < -0.39 is 19.1 Å². The molecule has 0 unspecified atom stereocenters. The van der Waals surface area contributed by atoms with Gasteiger partial charge < -0.3 is 10.4 Å². The molecule has 2 heterocycles. The summed E-state index contributed by atoms with van der Waals surface area (Å²) in [5.41, 5.74) is 0. The zero-order valence-corrected chi connectivity index (χ0v) is 10.2. The van der Waals surface area contributed by atoms with Gasteiger partial charge in [-0.25, -0.2) is 13.5 Å². The Hall–Kier alpha value is -1.87. The highest BCUT2D eigenvalue weighted by Crippen LogP contribution is 2.14. The zero-order valence-electron chi connectivity index (χ0n) is 9.46. The van der Waals surface area contributed by atoms with Crippen molar-refractivity contribution in [2.45, 2.75) is 5.92 Å². The number of halogens is 3. The lowest BCUT2D eigenvalue weighted by atomic mass is 10.3. The van der Waals surface area contributed by atoms with Gasteiger partial charge in [0.1, 0.15) is 6.61 Å². The molecule has 2 rings (SSSR count). The quantitative estimate of drug-likeness (QED) is 0.845. The van der Waals surface area contributed by atoms with Crippen LogP contribution in [0.2, 0.25) is 5.28 Å². The molecule has 0 bridgehead atoms. The van der Waals surface area contributed by atoms with E-state index in [1.807, 2.05) is 0 Å². The molecular formula is C9H9ClF2N6O. The summed E-state index contributed by atoms with van der Waals surface area (Å²) >= 11 is 5.67. The molecule has 7 nitrogen and oxygen atoms in total. The number of hydrogen-bond donors (Lipinski definition) is 2. The smallest absolute Gasteiger partial charge is 0.287 e. The average Bonchev–Trinajstić information content (AvgIpc) is 2.90. The van der Waals surface area contributed by atoms with Crippen LogP contribution in [0.1, 0.15) is 0 Å². The highest BCUT2D eigenvalue weighted by Gasteiger charge is 2.27. The second-order valence-corrected chi connectivity index (χ2v) is 3.88. The molecule has 2 N–H and O–H groups in total. The minimum absolute atomic E-state index is 0.0971. The molecule has 2 aromatic rings. The third-order valence-electron chi connectivity index (χ3n) is 2.04. The molecule has 0 aliphatic carbocycles. The SMILES string of the molecule is OCC(F)(F)CNc1nc(Cl)nc(-n2cccn2)n1. The van der Waals surface area contributed by atoms with Crippen LogP contribution < -0.4 is 5.32 Å². The van der Waals surface area contributed by atoms with Gasteiger partial charge in [0.25, 0.3) is 11.9 Å². The van der Waals surface area contributed by atoms with Gasteiger partial charge in [-0.3, -0.25) is 0 Å². The van der Waals surface area contributed by atoms with Gasteiger partial charge in [-0.1, -0.05) is 0 Å². The third-order valence-corrected chi connectivity index (χ3v) is 2.21. The van der Waals surface area contributed by atoms with Crippen molar-refractivity contribution in [3.8, 4) is 5.95 Å². The summed E-state index contributed by atoms with van der Waals surface area (Å²) in [6, 6.07) is 1.64. The predicted molar refractivity (Wildman–Crippen MR) is 62.5 cm³/mol. The molecule has 10 heteroatoms. The minimum atomic E-state index is -3.27. The summed E-state index contributed by atoms with van der Waals surface area (Å²) in [4.78, 5) is 11.3. The summed E-state index contributed by atoms with van der Waals surface area (Å²) in [6.07, 6.45) is 3.07. The maximum absolute atomic E-state index is 12.9. The number of aliphatic hydroxyl groups is 1. The molecule has 2 aromatic heterocycles. The molecule has 0 atom stereocenters. The van der Waals surface area contributed by atoms with Crippen molar-refractivity contribution in [2.24, 2.45) is 0 Å². The van der Waals surface area contributed by atoms with Crippen molar-refractivity contribution in [3.63, 3.8) is 0 Å². The molecular weight excluding hydrogens is 282 g/mol. The Balaban J connectivity index is 2.18. The molecule has 0 saturated carbocycles. The number of alkyl halides is 2. The third kappa shape index (κ3) is 3.55.